The van der Waals surface area contributed by atoms with Gasteiger partial charge in [0.05, 0.1) is 10.6 Å². The number of anilines is 1. The molecule has 4 rings (SSSR count). The molecule has 0 amide bonds. The highest BCUT2D eigenvalue weighted by molar-refractivity contribution is 7.92. The Balaban J connectivity index is 1.75. The summed E-state index contributed by atoms with van der Waals surface area (Å²) in [7, 11) is -3.78. The van der Waals surface area contributed by atoms with Crippen LogP contribution in [0.1, 0.15) is 11.4 Å². The molecular formula is C19H16ClN5O2S. The van der Waals surface area contributed by atoms with Crippen molar-refractivity contribution in [3.05, 3.63) is 71.0 Å². The lowest BCUT2D eigenvalue weighted by molar-refractivity contribution is 0.600. The van der Waals surface area contributed by atoms with Crippen molar-refractivity contribution < 1.29 is 8.42 Å². The van der Waals surface area contributed by atoms with E-state index in [2.05, 4.69) is 20.0 Å². The van der Waals surface area contributed by atoms with Crippen LogP contribution in [0.4, 0.5) is 5.69 Å². The predicted octanol–water partition coefficient (Wildman–Crippen LogP) is 3.86. The fraction of sp³-hybridized carbons (Fsp3) is 0.105. The van der Waals surface area contributed by atoms with Crippen LogP contribution >= 0.6 is 11.6 Å². The molecule has 0 spiro atoms. The van der Waals surface area contributed by atoms with E-state index in [-0.39, 0.29) is 4.90 Å². The maximum Gasteiger partial charge on any atom is 0.262 e. The molecule has 2 aromatic carbocycles. The Morgan fingerprint density at radius 2 is 1.71 bits per heavy atom. The maximum absolute atomic E-state index is 12.9. The lowest BCUT2D eigenvalue weighted by Gasteiger charge is -2.12. The standard InChI is InChI=1S/C19H16ClN5O2S/c1-12-3-4-14(17-9-10-19-22-21-13(2)25(19)23-17)11-18(12)28(26,27)24-16-7-5-15(20)6-8-16/h3-11,24H,1-2H3. The predicted molar refractivity (Wildman–Crippen MR) is 108 cm³/mol. The number of nitrogens with one attached hydrogen (secondary N) is 1. The van der Waals surface area contributed by atoms with Gasteiger partial charge in [-0.15, -0.1) is 10.2 Å². The van der Waals surface area contributed by atoms with Gasteiger partial charge in [-0.1, -0.05) is 23.7 Å². The van der Waals surface area contributed by atoms with Crippen molar-refractivity contribution in [1.29, 1.82) is 0 Å². The van der Waals surface area contributed by atoms with Crippen LogP contribution in [0.5, 0.6) is 0 Å². The van der Waals surface area contributed by atoms with Crippen LogP contribution in [0.2, 0.25) is 5.02 Å². The highest BCUT2D eigenvalue weighted by Crippen LogP contribution is 2.26. The first kappa shape index (κ1) is 18.4. The zero-order chi connectivity index (χ0) is 19.9. The SMILES string of the molecule is Cc1ccc(-c2ccc3nnc(C)n3n2)cc1S(=O)(=O)Nc1ccc(Cl)cc1. The summed E-state index contributed by atoms with van der Waals surface area (Å²) in [6, 6.07) is 15.3. The molecule has 2 heterocycles. The molecule has 0 aliphatic rings. The number of halogens is 1. The van der Waals surface area contributed by atoms with Crippen LogP contribution in [0.3, 0.4) is 0 Å². The molecule has 9 heteroatoms. The Hall–Kier alpha value is -2.97. The molecule has 28 heavy (non-hydrogen) atoms. The third-order valence-corrected chi connectivity index (χ3v) is 6.06. The van der Waals surface area contributed by atoms with Gasteiger partial charge in [-0.25, -0.2) is 8.42 Å². The van der Waals surface area contributed by atoms with Crippen LogP contribution in [0.15, 0.2) is 59.5 Å². The summed E-state index contributed by atoms with van der Waals surface area (Å²) >= 11 is 5.86. The Kier molecular flexibility index (Phi) is 4.52. The van der Waals surface area contributed by atoms with E-state index in [0.29, 0.717) is 39.0 Å². The van der Waals surface area contributed by atoms with Gasteiger partial charge >= 0.3 is 0 Å². The lowest BCUT2D eigenvalue weighted by atomic mass is 10.1. The van der Waals surface area contributed by atoms with E-state index in [9.17, 15) is 8.42 Å². The highest BCUT2D eigenvalue weighted by atomic mass is 35.5. The number of benzene rings is 2. The van der Waals surface area contributed by atoms with Crippen molar-refractivity contribution in [1.82, 2.24) is 19.8 Å². The van der Waals surface area contributed by atoms with Crippen molar-refractivity contribution in [2.24, 2.45) is 0 Å². The lowest BCUT2D eigenvalue weighted by Crippen LogP contribution is -2.14. The minimum atomic E-state index is -3.78. The third kappa shape index (κ3) is 3.44. The van der Waals surface area contributed by atoms with E-state index >= 15 is 0 Å². The van der Waals surface area contributed by atoms with E-state index in [1.165, 1.54) is 0 Å². The molecule has 7 nitrogen and oxygen atoms in total. The van der Waals surface area contributed by atoms with Crippen LogP contribution in [-0.2, 0) is 10.0 Å². The van der Waals surface area contributed by atoms with Crippen molar-refractivity contribution >= 4 is 33.0 Å². The molecule has 0 unspecified atom stereocenters. The molecule has 4 aromatic rings. The molecule has 0 bridgehead atoms. The van der Waals surface area contributed by atoms with Gasteiger partial charge in [-0.05, 0) is 61.9 Å². The Morgan fingerprint density at radius 1 is 0.964 bits per heavy atom. The number of fused-ring (bicyclic) bond motifs is 1. The zero-order valence-corrected chi connectivity index (χ0v) is 16.7. The number of nitrogens with zero attached hydrogens (tertiary/aromatic N) is 4. The van der Waals surface area contributed by atoms with E-state index in [1.807, 2.05) is 6.07 Å². The summed E-state index contributed by atoms with van der Waals surface area (Å²) < 4.78 is 30.1. The van der Waals surface area contributed by atoms with Crippen LogP contribution in [-0.4, -0.2) is 28.2 Å². The van der Waals surface area contributed by atoms with Crippen molar-refractivity contribution in [2.75, 3.05) is 4.72 Å². The minimum Gasteiger partial charge on any atom is -0.280 e. The Bertz CT molecular complexity index is 1280. The summed E-state index contributed by atoms with van der Waals surface area (Å²) in [5.41, 5.74) is 3.00. The quantitative estimate of drug-likeness (QED) is 0.548. The fourth-order valence-corrected chi connectivity index (χ4v) is 4.28. The van der Waals surface area contributed by atoms with Gasteiger partial charge in [0.15, 0.2) is 11.5 Å². The normalized spacial score (nSPS) is 11.7. The number of hydrogen-bond acceptors (Lipinski definition) is 5. The molecule has 142 valence electrons. The summed E-state index contributed by atoms with van der Waals surface area (Å²) in [5, 5.41) is 13.0. The largest absolute Gasteiger partial charge is 0.280 e. The second-order valence-electron chi connectivity index (χ2n) is 6.33. The minimum absolute atomic E-state index is 0.183. The maximum atomic E-state index is 12.9. The number of rotatable bonds is 4. The van der Waals surface area contributed by atoms with Crippen molar-refractivity contribution in [3.63, 3.8) is 0 Å². The van der Waals surface area contributed by atoms with Crippen molar-refractivity contribution in [2.45, 2.75) is 18.7 Å². The summed E-state index contributed by atoms with van der Waals surface area (Å²) in [4.78, 5) is 0.183. The molecule has 1 N–H and O–H groups in total. The first-order chi connectivity index (χ1) is 13.3. The number of aromatic nitrogens is 4. The summed E-state index contributed by atoms with van der Waals surface area (Å²) in [5.74, 6) is 0.654. The van der Waals surface area contributed by atoms with Crippen LogP contribution < -0.4 is 4.72 Å². The molecule has 2 aromatic heterocycles. The number of hydrogen-bond donors (Lipinski definition) is 1. The smallest absolute Gasteiger partial charge is 0.262 e. The Labute approximate surface area is 167 Å². The van der Waals surface area contributed by atoms with Gasteiger partial charge in [0, 0.05) is 16.3 Å². The third-order valence-electron chi connectivity index (χ3n) is 4.29. The first-order valence-electron chi connectivity index (χ1n) is 8.42. The zero-order valence-electron chi connectivity index (χ0n) is 15.1. The number of sulfonamides is 1. The summed E-state index contributed by atoms with van der Waals surface area (Å²) in [6.45, 7) is 3.55. The monoisotopic (exact) mass is 413 g/mol. The highest BCUT2D eigenvalue weighted by Gasteiger charge is 2.18. The molecule has 0 saturated carbocycles. The van der Waals surface area contributed by atoms with Crippen molar-refractivity contribution in [3.8, 4) is 11.3 Å². The number of aryl methyl sites for hydroxylation is 2. The van der Waals surface area contributed by atoms with Gasteiger partial charge in [0.25, 0.3) is 10.0 Å². The van der Waals surface area contributed by atoms with Gasteiger partial charge in [0.1, 0.15) is 0 Å². The molecule has 0 aliphatic heterocycles. The molecule has 0 saturated heterocycles. The van der Waals surface area contributed by atoms with E-state index in [4.69, 9.17) is 11.6 Å². The molecule has 0 aliphatic carbocycles. The Morgan fingerprint density at radius 3 is 2.46 bits per heavy atom. The average Bonchev–Trinajstić information content (AvgIpc) is 3.04. The fourth-order valence-electron chi connectivity index (χ4n) is 2.83. The van der Waals surface area contributed by atoms with Gasteiger partial charge in [0.2, 0.25) is 0 Å². The van der Waals surface area contributed by atoms with E-state index < -0.39 is 10.0 Å². The van der Waals surface area contributed by atoms with E-state index in [1.54, 1.807) is 66.9 Å². The van der Waals surface area contributed by atoms with Gasteiger partial charge in [-0.3, -0.25) is 4.72 Å². The molecule has 0 fully saturated rings. The van der Waals surface area contributed by atoms with Gasteiger partial charge in [-0.2, -0.15) is 9.61 Å². The molecule has 0 atom stereocenters. The second kappa shape index (κ2) is 6.88. The first-order valence-corrected chi connectivity index (χ1v) is 10.3. The topological polar surface area (TPSA) is 89.2 Å². The van der Waals surface area contributed by atoms with E-state index in [0.717, 1.165) is 0 Å². The second-order valence-corrected chi connectivity index (χ2v) is 8.42. The average molecular weight is 414 g/mol. The van der Waals surface area contributed by atoms with Crippen LogP contribution in [0, 0.1) is 13.8 Å². The molecule has 0 radical (unpaired) electrons. The van der Waals surface area contributed by atoms with Crippen LogP contribution in [0.25, 0.3) is 16.9 Å². The van der Waals surface area contributed by atoms with Gasteiger partial charge < -0.3 is 0 Å². The summed E-state index contributed by atoms with van der Waals surface area (Å²) in [6.07, 6.45) is 0. The molecular weight excluding hydrogens is 398 g/mol.